The van der Waals surface area contributed by atoms with E-state index in [-0.39, 0.29) is 11.5 Å². The molecule has 1 saturated carbocycles. The molecule has 2 unspecified atom stereocenters. The van der Waals surface area contributed by atoms with Gasteiger partial charge in [-0.05, 0) is 37.2 Å². The van der Waals surface area contributed by atoms with Crippen LogP contribution in [0.25, 0.3) is 0 Å². The zero-order valence-electron chi connectivity index (χ0n) is 15.9. The van der Waals surface area contributed by atoms with Crippen molar-refractivity contribution in [3.05, 3.63) is 21.7 Å². The third kappa shape index (κ3) is 3.54. The summed E-state index contributed by atoms with van der Waals surface area (Å²) in [6.07, 6.45) is 9.29. The van der Waals surface area contributed by atoms with Gasteiger partial charge in [0, 0.05) is 29.6 Å². The maximum Gasteiger partial charge on any atom is 0.334 e. The number of nitrogens with two attached hydrogens (primary N) is 1. The number of rotatable bonds is 5. The number of carbonyl (C=O) groups excluding carboxylic acids is 2. The van der Waals surface area contributed by atoms with Gasteiger partial charge in [0.15, 0.2) is 0 Å². The Morgan fingerprint density at radius 3 is 2.61 bits per heavy atom. The fraction of sp³-hybridized carbons (Fsp3) is 0.650. The number of carbonyl (C=O) groups is 3. The summed E-state index contributed by atoms with van der Waals surface area (Å²) in [7, 11) is 0. The summed E-state index contributed by atoms with van der Waals surface area (Å²) in [4.78, 5) is 38.5. The molecule has 3 heterocycles. The van der Waals surface area contributed by atoms with Gasteiger partial charge in [0.2, 0.25) is 0 Å². The summed E-state index contributed by atoms with van der Waals surface area (Å²) < 4.78 is 0. The molecule has 2 fully saturated rings. The number of piperidine rings is 1. The normalized spacial score (nSPS) is 27.2. The second-order valence-corrected chi connectivity index (χ2v) is 9.33. The highest BCUT2D eigenvalue weighted by molar-refractivity contribution is 8.04. The van der Waals surface area contributed by atoms with Crippen LogP contribution < -0.4 is 11.1 Å². The molecule has 2 amide bonds. The Morgan fingerprint density at radius 1 is 1.18 bits per heavy atom. The molecule has 0 radical (unpaired) electrons. The highest BCUT2D eigenvalue weighted by atomic mass is 32.2. The first-order chi connectivity index (χ1) is 13.5. The number of primary amides is 1. The third-order valence-corrected chi connectivity index (χ3v) is 7.77. The first-order valence-electron chi connectivity index (χ1n) is 10.2. The van der Waals surface area contributed by atoms with Gasteiger partial charge in [-0.25, -0.2) is 4.79 Å². The van der Waals surface area contributed by atoms with Crippen molar-refractivity contribution in [1.82, 2.24) is 10.2 Å². The summed E-state index contributed by atoms with van der Waals surface area (Å²) >= 11 is 1.37. The molecule has 2 atom stereocenters. The van der Waals surface area contributed by atoms with Crippen molar-refractivity contribution in [2.45, 2.75) is 56.7 Å². The predicted octanol–water partition coefficient (Wildman–Crippen LogP) is 1.95. The van der Waals surface area contributed by atoms with Gasteiger partial charge in [-0.1, -0.05) is 37.4 Å². The minimum atomic E-state index is -1.09. The molecule has 4 aliphatic rings. The van der Waals surface area contributed by atoms with Gasteiger partial charge in [0.1, 0.15) is 5.37 Å². The van der Waals surface area contributed by atoms with Crippen molar-refractivity contribution in [2.75, 3.05) is 13.1 Å². The summed E-state index contributed by atoms with van der Waals surface area (Å²) in [6.45, 7) is 1.86. The number of fused-ring (bicyclic) bond motifs is 4. The van der Waals surface area contributed by atoms with E-state index in [1.54, 1.807) is 0 Å². The van der Waals surface area contributed by atoms with Crippen molar-refractivity contribution >= 4 is 29.5 Å². The molecule has 3 aliphatic heterocycles. The molecular weight excluding hydrogens is 378 g/mol. The van der Waals surface area contributed by atoms with Crippen LogP contribution in [-0.2, 0) is 14.4 Å². The van der Waals surface area contributed by atoms with Crippen LogP contribution in [0.15, 0.2) is 21.7 Å². The lowest BCUT2D eigenvalue weighted by Gasteiger charge is -2.42. The third-order valence-electron chi connectivity index (χ3n) is 6.49. The number of aliphatic carboxylic acids is 1. The largest absolute Gasteiger partial charge is 0.478 e. The molecule has 1 aliphatic carbocycles. The van der Waals surface area contributed by atoms with Crippen molar-refractivity contribution in [2.24, 2.45) is 17.6 Å². The van der Waals surface area contributed by atoms with Crippen molar-refractivity contribution in [1.29, 1.82) is 0 Å². The molecule has 28 heavy (non-hydrogen) atoms. The number of hydrogen-bond donors (Lipinski definition) is 3. The molecule has 4 N–H and O–H groups in total. The molecule has 8 heteroatoms. The van der Waals surface area contributed by atoms with Crippen molar-refractivity contribution in [3.63, 3.8) is 0 Å². The number of allylic oxidation sites excluding steroid dienone is 2. The maximum absolute atomic E-state index is 12.1. The molecule has 152 valence electrons. The number of amides is 2. The number of nitrogens with one attached hydrogen (secondary N) is 1. The lowest BCUT2D eigenvalue weighted by Crippen LogP contribution is -2.42. The molecule has 0 aromatic heterocycles. The van der Waals surface area contributed by atoms with Crippen LogP contribution in [-0.4, -0.2) is 46.3 Å². The average molecular weight is 406 g/mol. The fourth-order valence-electron chi connectivity index (χ4n) is 5.16. The smallest absolute Gasteiger partial charge is 0.334 e. The quantitative estimate of drug-likeness (QED) is 0.603. The molecule has 7 nitrogen and oxygen atoms in total. The van der Waals surface area contributed by atoms with E-state index in [4.69, 9.17) is 5.73 Å². The Kier molecular flexibility index (Phi) is 5.40. The van der Waals surface area contributed by atoms with Crippen LogP contribution in [0.3, 0.4) is 0 Å². The highest BCUT2D eigenvalue weighted by Gasteiger charge is 2.45. The van der Waals surface area contributed by atoms with Gasteiger partial charge in [-0.3, -0.25) is 9.59 Å². The maximum atomic E-state index is 12.1. The standard InChI is InChI=1S/C20H27N3O4S/c21-17(24)18(25)22-19-15(20(26)27)14-12-6-3-9-23(10-12)13(16(14)28-19)8-7-11-4-1-2-5-11/h11-12,19H,1-10H2,(H2,21,24)(H,22,25)(H,26,27). The van der Waals surface area contributed by atoms with E-state index in [0.29, 0.717) is 0 Å². The van der Waals surface area contributed by atoms with E-state index >= 15 is 0 Å². The van der Waals surface area contributed by atoms with Gasteiger partial charge < -0.3 is 21.1 Å². The van der Waals surface area contributed by atoms with Crippen LogP contribution in [0.4, 0.5) is 0 Å². The first-order valence-corrected chi connectivity index (χ1v) is 11.1. The minimum Gasteiger partial charge on any atom is -0.478 e. The number of thioether (sulfide) groups is 1. The van der Waals surface area contributed by atoms with Crippen LogP contribution in [0.1, 0.15) is 51.4 Å². The van der Waals surface area contributed by atoms with Gasteiger partial charge in [0.25, 0.3) is 0 Å². The second kappa shape index (κ2) is 7.81. The highest BCUT2D eigenvalue weighted by Crippen LogP contribution is 2.52. The number of nitrogens with zero attached hydrogens (tertiary/aromatic N) is 1. The lowest BCUT2D eigenvalue weighted by atomic mass is 9.82. The van der Waals surface area contributed by atoms with E-state index in [0.717, 1.165) is 55.2 Å². The summed E-state index contributed by atoms with van der Waals surface area (Å²) in [6, 6.07) is 0. The zero-order valence-corrected chi connectivity index (χ0v) is 16.7. The SMILES string of the molecule is NC(=O)C(=O)NC1SC2=C(CCC3CCCC3)N3CCCC(C3)C2=C1C(=O)O. The Morgan fingerprint density at radius 2 is 1.93 bits per heavy atom. The van der Waals surface area contributed by atoms with Crippen molar-refractivity contribution in [3.8, 4) is 0 Å². The zero-order chi connectivity index (χ0) is 19.8. The van der Waals surface area contributed by atoms with E-state index in [1.807, 2.05) is 0 Å². The van der Waals surface area contributed by atoms with E-state index < -0.39 is 23.2 Å². The predicted molar refractivity (Wildman–Crippen MR) is 106 cm³/mol. The first kappa shape index (κ1) is 19.4. The van der Waals surface area contributed by atoms with Crippen LogP contribution in [0, 0.1) is 11.8 Å². The summed E-state index contributed by atoms with van der Waals surface area (Å²) in [5.74, 6) is -2.12. The number of carboxylic acids is 1. The number of carboxylic acid groups (broad SMARTS) is 1. The van der Waals surface area contributed by atoms with Gasteiger partial charge in [-0.15, -0.1) is 0 Å². The van der Waals surface area contributed by atoms with E-state index in [1.165, 1.54) is 43.1 Å². The Bertz CT molecular complexity index is 769. The second-order valence-electron chi connectivity index (χ2n) is 8.22. The topological polar surface area (TPSA) is 113 Å². The average Bonchev–Trinajstić information content (AvgIpc) is 3.29. The van der Waals surface area contributed by atoms with Gasteiger partial charge in [-0.2, -0.15) is 0 Å². The monoisotopic (exact) mass is 405 g/mol. The molecule has 0 aromatic rings. The van der Waals surface area contributed by atoms with Crippen LogP contribution in [0.2, 0.25) is 0 Å². The summed E-state index contributed by atoms with van der Waals surface area (Å²) in [5.41, 5.74) is 7.40. The molecule has 0 spiro atoms. The van der Waals surface area contributed by atoms with E-state index in [2.05, 4.69) is 10.2 Å². The van der Waals surface area contributed by atoms with E-state index in [9.17, 15) is 19.5 Å². The number of hydrogen-bond acceptors (Lipinski definition) is 5. The van der Waals surface area contributed by atoms with Gasteiger partial charge in [0.05, 0.1) is 5.57 Å². The molecule has 0 aromatic carbocycles. The van der Waals surface area contributed by atoms with Crippen molar-refractivity contribution < 1.29 is 19.5 Å². The Balaban J connectivity index is 1.68. The lowest BCUT2D eigenvalue weighted by molar-refractivity contribution is -0.137. The van der Waals surface area contributed by atoms with Crippen LogP contribution in [0.5, 0.6) is 0 Å². The fourth-order valence-corrected chi connectivity index (χ4v) is 6.68. The summed E-state index contributed by atoms with van der Waals surface area (Å²) in [5, 5.41) is 11.6. The minimum absolute atomic E-state index is 0.174. The molecule has 1 saturated heterocycles. The Labute approximate surface area is 168 Å². The molecular formula is C20H27N3O4S. The van der Waals surface area contributed by atoms with Crippen LogP contribution >= 0.6 is 11.8 Å². The Hall–Kier alpha value is -1.96. The molecule has 4 rings (SSSR count). The molecule has 2 bridgehead atoms. The van der Waals surface area contributed by atoms with Gasteiger partial charge >= 0.3 is 17.8 Å².